The highest BCUT2D eigenvalue weighted by Crippen LogP contribution is 2.29. The molecule has 3 rings (SSSR count). The van der Waals surface area contributed by atoms with Crippen LogP contribution in [0.15, 0.2) is 46.3 Å². The second-order valence-corrected chi connectivity index (χ2v) is 6.89. The topological polar surface area (TPSA) is 58.5 Å². The molecular formula is C15H13ClN2O2S. The molecule has 1 heterocycles. The van der Waals surface area contributed by atoms with Crippen LogP contribution >= 0.6 is 11.6 Å². The molecule has 1 N–H and O–H groups in total. The standard InChI is InChI=1S/C15H13ClN2O2S/c1-10-13(16)3-2-4-15(10)21(19,20)18-12-6-5-11-7-8-17-14(11)9-12/h2-6,8-9,18H,7H2,1H3. The molecule has 0 saturated carbocycles. The molecule has 2 aromatic rings. The lowest BCUT2D eigenvalue weighted by atomic mass is 10.1. The van der Waals surface area contributed by atoms with Gasteiger partial charge < -0.3 is 0 Å². The summed E-state index contributed by atoms with van der Waals surface area (Å²) in [4.78, 5) is 4.39. The monoisotopic (exact) mass is 320 g/mol. The smallest absolute Gasteiger partial charge is 0.262 e. The summed E-state index contributed by atoms with van der Waals surface area (Å²) in [5, 5.41) is 0.427. The molecule has 0 aliphatic carbocycles. The van der Waals surface area contributed by atoms with E-state index in [0.29, 0.717) is 16.3 Å². The van der Waals surface area contributed by atoms with Crippen LogP contribution in [0.3, 0.4) is 0 Å². The first-order valence-electron chi connectivity index (χ1n) is 6.41. The van der Waals surface area contributed by atoms with Gasteiger partial charge in [0.2, 0.25) is 0 Å². The van der Waals surface area contributed by atoms with E-state index in [4.69, 9.17) is 11.6 Å². The zero-order chi connectivity index (χ0) is 15.0. The minimum absolute atomic E-state index is 0.180. The summed E-state index contributed by atoms with van der Waals surface area (Å²) in [6.45, 7) is 1.68. The number of hydrogen-bond donors (Lipinski definition) is 1. The Kier molecular flexibility index (Phi) is 3.47. The number of nitrogens with zero attached hydrogens (tertiary/aromatic N) is 1. The number of anilines is 1. The summed E-state index contributed by atoms with van der Waals surface area (Å²) >= 11 is 5.99. The summed E-state index contributed by atoms with van der Waals surface area (Å²) < 4.78 is 27.5. The predicted octanol–water partition coefficient (Wildman–Crippen LogP) is 3.71. The van der Waals surface area contributed by atoms with Gasteiger partial charge in [-0.3, -0.25) is 9.71 Å². The van der Waals surface area contributed by atoms with Crippen molar-refractivity contribution in [3.05, 3.63) is 52.5 Å². The SMILES string of the molecule is Cc1c(Cl)cccc1S(=O)(=O)Nc1ccc2c(c1)N=CC2. The highest BCUT2D eigenvalue weighted by atomic mass is 35.5. The largest absolute Gasteiger partial charge is 0.280 e. The summed E-state index contributed by atoms with van der Waals surface area (Å²) in [5.41, 5.74) is 2.92. The van der Waals surface area contributed by atoms with Crippen LogP contribution in [-0.4, -0.2) is 14.6 Å². The van der Waals surface area contributed by atoms with Crippen molar-refractivity contribution in [2.75, 3.05) is 4.72 Å². The number of fused-ring (bicyclic) bond motifs is 1. The Morgan fingerprint density at radius 1 is 1.24 bits per heavy atom. The van der Waals surface area contributed by atoms with E-state index in [1.54, 1.807) is 31.2 Å². The maximum Gasteiger partial charge on any atom is 0.262 e. The van der Waals surface area contributed by atoms with Crippen molar-refractivity contribution in [2.45, 2.75) is 18.2 Å². The van der Waals surface area contributed by atoms with Gasteiger partial charge in [-0.05, 0) is 42.3 Å². The Bertz CT molecular complexity index is 845. The molecular weight excluding hydrogens is 308 g/mol. The van der Waals surface area contributed by atoms with Gasteiger partial charge in [0.1, 0.15) is 0 Å². The van der Waals surface area contributed by atoms with Crippen LogP contribution < -0.4 is 4.72 Å². The van der Waals surface area contributed by atoms with Gasteiger partial charge in [0.25, 0.3) is 10.0 Å². The zero-order valence-electron chi connectivity index (χ0n) is 11.3. The Hall–Kier alpha value is -1.85. The fourth-order valence-corrected chi connectivity index (χ4v) is 3.80. The third kappa shape index (κ3) is 2.66. The van der Waals surface area contributed by atoms with Crippen LogP contribution in [0, 0.1) is 6.92 Å². The average molecular weight is 321 g/mol. The Morgan fingerprint density at radius 2 is 2.05 bits per heavy atom. The van der Waals surface area contributed by atoms with Gasteiger partial charge in [0, 0.05) is 17.7 Å². The molecule has 0 radical (unpaired) electrons. The van der Waals surface area contributed by atoms with E-state index < -0.39 is 10.0 Å². The molecule has 21 heavy (non-hydrogen) atoms. The van der Waals surface area contributed by atoms with Crippen molar-refractivity contribution < 1.29 is 8.42 Å². The first-order chi connectivity index (χ1) is 9.97. The lowest BCUT2D eigenvalue weighted by Gasteiger charge is -2.11. The van der Waals surface area contributed by atoms with Gasteiger partial charge in [0.15, 0.2) is 0 Å². The first-order valence-corrected chi connectivity index (χ1v) is 8.27. The maximum atomic E-state index is 12.5. The molecule has 1 aliphatic rings. The lowest BCUT2D eigenvalue weighted by molar-refractivity contribution is 0.600. The van der Waals surface area contributed by atoms with E-state index in [2.05, 4.69) is 9.71 Å². The van der Waals surface area contributed by atoms with Crippen LogP contribution in [0.1, 0.15) is 11.1 Å². The number of halogens is 1. The summed E-state index contributed by atoms with van der Waals surface area (Å²) in [7, 11) is -3.67. The lowest BCUT2D eigenvalue weighted by Crippen LogP contribution is -2.14. The third-order valence-corrected chi connectivity index (χ3v) is 5.32. The van der Waals surface area contributed by atoms with Crippen molar-refractivity contribution in [3.8, 4) is 0 Å². The molecule has 108 valence electrons. The molecule has 6 heteroatoms. The second kappa shape index (κ2) is 5.16. The average Bonchev–Trinajstić information content (AvgIpc) is 2.88. The number of aliphatic imine (C=N–C) groups is 1. The number of nitrogens with one attached hydrogen (secondary N) is 1. The Morgan fingerprint density at radius 3 is 2.86 bits per heavy atom. The molecule has 0 bridgehead atoms. The molecule has 0 amide bonds. The molecule has 0 saturated heterocycles. The third-order valence-electron chi connectivity index (χ3n) is 3.39. The zero-order valence-corrected chi connectivity index (χ0v) is 12.9. The van der Waals surface area contributed by atoms with Gasteiger partial charge in [-0.15, -0.1) is 0 Å². The van der Waals surface area contributed by atoms with Gasteiger partial charge in [-0.25, -0.2) is 8.42 Å². The normalized spacial score (nSPS) is 13.2. The van der Waals surface area contributed by atoms with Crippen molar-refractivity contribution in [1.29, 1.82) is 0 Å². The highest BCUT2D eigenvalue weighted by Gasteiger charge is 2.19. The summed E-state index contributed by atoms with van der Waals surface area (Å²) in [6.07, 6.45) is 2.60. The molecule has 0 aromatic heterocycles. The van der Waals surface area contributed by atoms with Crippen LogP contribution in [0.25, 0.3) is 0 Å². The molecule has 0 spiro atoms. The molecule has 4 nitrogen and oxygen atoms in total. The van der Waals surface area contributed by atoms with Crippen molar-refractivity contribution in [2.24, 2.45) is 4.99 Å². The van der Waals surface area contributed by atoms with E-state index in [0.717, 1.165) is 17.7 Å². The van der Waals surface area contributed by atoms with Crippen LogP contribution in [0.4, 0.5) is 11.4 Å². The number of benzene rings is 2. The van der Waals surface area contributed by atoms with E-state index in [-0.39, 0.29) is 4.90 Å². The van der Waals surface area contributed by atoms with Crippen LogP contribution in [0.2, 0.25) is 5.02 Å². The maximum absolute atomic E-state index is 12.5. The fourth-order valence-electron chi connectivity index (χ4n) is 2.25. The number of sulfonamides is 1. The summed E-state index contributed by atoms with van der Waals surface area (Å²) in [5.74, 6) is 0. The van der Waals surface area contributed by atoms with Crippen molar-refractivity contribution in [3.63, 3.8) is 0 Å². The number of hydrogen-bond acceptors (Lipinski definition) is 3. The first kappa shape index (κ1) is 14.1. The van der Waals surface area contributed by atoms with E-state index >= 15 is 0 Å². The van der Waals surface area contributed by atoms with E-state index in [1.807, 2.05) is 12.3 Å². The molecule has 0 unspecified atom stereocenters. The van der Waals surface area contributed by atoms with Crippen LogP contribution in [0.5, 0.6) is 0 Å². The van der Waals surface area contributed by atoms with E-state index in [9.17, 15) is 8.42 Å². The summed E-state index contributed by atoms with van der Waals surface area (Å²) in [6, 6.07) is 10.2. The van der Waals surface area contributed by atoms with Crippen LogP contribution in [-0.2, 0) is 16.4 Å². The minimum Gasteiger partial charge on any atom is -0.280 e. The Labute approximate surface area is 128 Å². The molecule has 2 aromatic carbocycles. The fraction of sp³-hybridized carbons (Fsp3) is 0.133. The van der Waals surface area contributed by atoms with Gasteiger partial charge >= 0.3 is 0 Å². The number of rotatable bonds is 3. The highest BCUT2D eigenvalue weighted by molar-refractivity contribution is 7.92. The quantitative estimate of drug-likeness (QED) is 0.937. The van der Waals surface area contributed by atoms with Gasteiger partial charge in [-0.2, -0.15) is 0 Å². The minimum atomic E-state index is -3.67. The predicted molar refractivity (Wildman–Crippen MR) is 85.3 cm³/mol. The molecule has 0 fully saturated rings. The van der Waals surface area contributed by atoms with Gasteiger partial charge in [-0.1, -0.05) is 23.7 Å². The molecule has 0 atom stereocenters. The Balaban J connectivity index is 1.96. The van der Waals surface area contributed by atoms with E-state index in [1.165, 1.54) is 6.07 Å². The van der Waals surface area contributed by atoms with Gasteiger partial charge in [0.05, 0.1) is 16.3 Å². The van der Waals surface area contributed by atoms with Crippen molar-refractivity contribution >= 4 is 39.2 Å². The van der Waals surface area contributed by atoms with Crippen molar-refractivity contribution in [1.82, 2.24) is 0 Å². The molecule has 1 aliphatic heterocycles. The second-order valence-electron chi connectivity index (χ2n) is 4.83.